The van der Waals surface area contributed by atoms with Gasteiger partial charge in [-0.3, -0.25) is 10.1 Å². The Morgan fingerprint density at radius 2 is 2.10 bits per heavy atom. The van der Waals surface area contributed by atoms with Gasteiger partial charge >= 0.3 is 0 Å². The predicted molar refractivity (Wildman–Crippen MR) is 74.2 cm³/mol. The Morgan fingerprint density at radius 3 is 2.75 bits per heavy atom. The number of rotatable bonds is 5. The summed E-state index contributed by atoms with van der Waals surface area (Å²) in [4.78, 5) is 11.7. The lowest BCUT2D eigenvalue weighted by Crippen LogP contribution is -3.16. The van der Waals surface area contributed by atoms with Gasteiger partial charge in [-0.1, -0.05) is 6.07 Å². The van der Waals surface area contributed by atoms with E-state index < -0.39 is 4.92 Å². The van der Waals surface area contributed by atoms with E-state index in [0.29, 0.717) is 12.4 Å². The molecular formula is C14H21N2O4+. The van der Waals surface area contributed by atoms with E-state index in [-0.39, 0.29) is 17.9 Å². The van der Waals surface area contributed by atoms with E-state index in [9.17, 15) is 10.1 Å². The number of nitro benzene ring substituents is 1. The smallest absolute Gasteiger partial charge is 0.273 e. The Hall–Kier alpha value is -1.66. The lowest BCUT2D eigenvalue weighted by molar-refractivity contribution is -0.915. The molecule has 1 aliphatic rings. The molecular weight excluding hydrogens is 260 g/mol. The van der Waals surface area contributed by atoms with Crippen molar-refractivity contribution >= 4 is 5.69 Å². The van der Waals surface area contributed by atoms with E-state index in [0.717, 1.165) is 19.6 Å². The van der Waals surface area contributed by atoms with E-state index in [1.807, 2.05) is 0 Å². The molecule has 0 amide bonds. The summed E-state index contributed by atoms with van der Waals surface area (Å²) in [5.74, 6) is 0.549. The van der Waals surface area contributed by atoms with Crippen molar-refractivity contribution < 1.29 is 19.3 Å². The first-order valence-electron chi connectivity index (χ1n) is 6.91. The topological polar surface area (TPSA) is 66.0 Å². The first kappa shape index (κ1) is 14.7. The van der Waals surface area contributed by atoms with Crippen LogP contribution in [0.5, 0.6) is 5.75 Å². The molecule has 0 aliphatic carbocycles. The van der Waals surface area contributed by atoms with Gasteiger partial charge in [-0.2, -0.15) is 0 Å². The summed E-state index contributed by atoms with van der Waals surface area (Å²) >= 11 is 0. The van der Waals surface area contributed by atoms with E-state index in [1.165, 1.54) is 17.0 Å². The molecule has 1 aromatic carbocycles. The van der Waals surface area contributed by atoms with Crippen molar-refractivity contribution in [2.45, 2.75) is 26.1 Å². The molecule has 1 aliphatic heterocycles. The van der Waals surface area contributed by atoms with Gasteiger partial charge in [-0.25, -0.2) is 0 Å². The number of hydrogen-bond donors (Lipinski definition) is 1. The molecule has 0 unspecified atom stereocenters. The fourth-order valence-corrected chi connectivity index (χ4v) is 2.59. The quantitative estimate of drug-likeness (QED) is 0.636. The number of non-ortho nitro benzene ring substituents is 1. The molecule has 0 saturated carbocycles. The van der Waals surface area contributed by atoms with Crippen LogP contribution in [-0.2, 0) is 4.74 Å². The molecule has 20 heavy (non-hydrogen) atoms. The van der Waals surface area contributed by atoms with E-state index in [4.69, 9.17) is 9.47 Å². The fourth-order valence-electron chi connectivity index (χ4n) is 2.59. The van der Waals surface area contributed by atoms with Gasteiger partial charge in [0.15, 0.2) is 0 Å². The lowest BCUT2D eigenvalue weighted by Gasteiger charge is -2.32. The summed E-state index contributed by atoms with van der Waals surface area (Å²) < 4.78 is 11.3. The number of ether oxygens (including phenoxy) is 2. The van der Waals surface area contributed by atoms with Crippen molar-refractivity contribution in [2.24, 2.45) is 0 Å². The standard InChI is InChI=1S/C14H20N2O4/c1-11-9-15(10-12(2)20-11)6-7-19-14-5-3-4-13(8-14)16(17)18/h3-5,8,11-12H,6-7,9-10H2,1-2H3/p+1/t11-,12-/m0/s1. The molecule has 0 radical (unpaired) electrons. The number of nitrogens with one attached hydrogen (secondary N) is 1. The van der Waals surface area contributed by atoms with Gasteiger partial charge in [0.25, 0.3) is 5.69 Å². The Morgan fingerprint density at radius 1 is 1.40 bits per heavy atom. The average Bonchev–Trinajstić information content (AvgIpc) is 2.38. The second-order valence-electron chi connectivity index (χ2n) is 5.27. The molecule has 0 spiro atoms. The molecule has 2 rings (SSSR count). The van der Waals surface area contributed by atoms with Gasteiger partial charge in [0.1, 0.15) is 44.2 Å². The van der Waals surface area contributed by atoms with Crippen LogP contribution in [0.3, 0.4) is 0 Å². The van der Waals surface area contributed by atoms with Crippen molar-refractivity contribution in [2.75, 3.05) is 26.2 Å². The Balaban J connectivity index is 1.81. The number of benzene rings is 1. The normalized spacial score (nSPS) is 26.2. The second-order valence-corrected chi connectivity index (χ2v) is 5.27. The number of quaternary nitrogens is 1. The third-order valence-corrected chi connectivity index (χ3v) is 3.37. The third kappa shape index (κ3) is 4.18. The number of morpholine rings is 1. The molecule has 1 N–H and O–H groups in total. The van der Waals surface area contributed by atoms with Crippen LogP contribution in [-0.4, -0.2) is 43.4 Å². The monoisotopic (exact) mass is 281 g/mol. The predicted octanol–water partition coefficient (Wildman–Crippen LogP) is 0.666. The first-order chi connectivity index (χ1) is 9.54. The highest BCUT2D eigenvalue weighted by Crippen LogP contribution is 2.18. The SMILES string of the molecule is C[C@H]1C[NH+](CCOc2cccc([N+](=O)[O-])c2)C[C@H](C)O1. The molecule has 1 aromatic rings. The molecule has 1 heterocycles. The van der Waals surface area contributed by atoms with Gasteiger partial charge in [-0.05, 0) is 19.9 Å². The zero-order chi connectivity index (χ0) is 14.5. The molecule has 1 fully saturated rings. The minimum atomic E-state index is -0.413. The summed E-state index contributed by atoms with van der Waals surface area (Å²) in [6, 6.07) is 6.30. The summed E-state index contributed by atoms with van der Waals surface area (Å²) in [7, 11) is 0. The van der Waals surface area contributed by atoms with Crippen LogP contribution in [0, 0.1) is 10.1 Å². The Bertz CT molecular complexity index is 456. The van der Waals surface area contributed by atoms with Crippen molar-refractivity contribution in [1.29, 1.82) is 0 Å². The van der Waals surface area contributed by atoms with Crippen molar-refractivity contribution in [3.63, 3.8) is 0 Å². The zero-order valence-electron chi connectivity index (χ0n) is 11.9. The highest BCUT2D eigenvalue weighted by molar-refractivity contribution is 5.37. The van der Waals surface area contributed by atoms with Gasteiger partial charge < -0.3 is 14.4 Å². The van der Waals surface area contributed by atoms with Crippen LogP contribution in [0.4, 0.5) is 5.69 Å². The van der Waals surface area contributed by atoms with Crippen molar-refractivity contribution in [3.8, 4) is 5.75 Å². The van der Waals surface area contributed by atoms with Crippen LogP contribution in [0.1, 0.15) is 13.8 Å². The van der Waals surface area contributed by atoms with E-state index >= 15 is 0 Å². The molecule has 0 bridgehead atoms. The summed E-state index contributed by atoms with van der Waals surface area (Å²) in [5, 5.41) is 10.7. The maximum absolute atomic E-state index is 10.7. The van der Waals surface area contributed by atoms with Crippen LogP contribution >= 0.6 is 0 Å². The zero-order valence-corrected chi connectivity index (χ0v) is 11.9. The first-order valence-corrected chi connectivity index (χ1v) is 6.91. The van der Waals surface area contributed by atoms with Gasteiger partial charge in [-0.15, -0.1) is 0 Å². The van der Waals surface area contributed by atoms with Crippen molar-refractivity contribution in [1.82, 2.24) is 0 Å². The highest BCUT2D eigenvalue weighted by atomic mass is 16.6. The van der Waals surface area contributed by atoms with E-state index in [1.54, 1.807) is 12.1 Å². The fraction of sp³-hybridized carbons (Fsp3) is 0.571. The van der Waals surface area contributed by atoms with E-state index in [2.05, 4.69) is 13.8 Å². The summed E-state index contributed by atoms with van der Waals surface area (Å²) in [5.41, 5.74) is 0.0588. The van der Waals surface area contributed by atoms with Crippen LogP contribution in [0.2, 0.25) is 0 Å². The maximum atomic E-state index is 10.7. The third-order valence-electron chi connectivity index (χ3n) is 3.37. The van der Waals surface area contributed by atoms with Crippen molar-refractivity contribution in [3.05, 3.63) is 34.4 Å². The summed E-state index contributed by atoms with van der Waals surface area (Å²) in [6.07, 6.45) is 0.540. The second kappa shape index (κ2) is 6.67. The molecule has 6 nitrogen and oxygen atoms in total. The average molecular weight is 281 g/mol. The molecule has 6 heteroatoms. The Labute approximate surface area is 118 Å². The molecule has 110 valence electrons. The highest BCUT2D eigenvalue weighted by Gasteiger charge is 2.25. The van der Waals surface area contributed by atoms with Gasteiger partial charge in [0, 0.05) is 6.07 Å². The van der Waals surface area contributed by atoms with Gasteiger partial charge in [0.05, 0.1) is 11.0 Å². The maximum Gasteiger partial charge on any atom is 0.273 e. The molecule has 0 aromatic heterocycles. The van der Waals surface area contributed by atoms with Gasteiger partial charge in [0.2, 0.25) is 0 Å². The minimum Gasteiger partial charge on any atom is -0.487 e. The summed E-state index contributed by atoms with van der Waals surface area (Å²) in [6.45, 7) is 7.54. The van der Waals surface area contributed by atoms with Crippen LogP contribution in [0.25, 0.3) is 0 Å². The minimum absolute atomic E-state index is 0.0588. The number of hydrogen-bond acceptors (Lipinski definition) is 4. The molecule has 1 saturated heterocycles. The van der Waals surface area contributed by atoms with Crippen LogP contribution in [0.15, 0.2) is 24.3 Å². The molecule has 2 atom stereocenters. The lowest BCUT2D eigenvalue weighted by atomic mass is 10.2. The largest absolute Gasteiger partial charge is 0.487 e. The van der Waals surface area contributed by atoms with Crippen LogP contribution < -0.4 is 9.64 Å². The number of nitro groups is 1. The Kier molecular flexibility index (Phi) is 4.92. The number of nitrogens with zero attached hydrogens (tertiary/aromatic N) is 1.